The minimum Gasteiger partial charge on any atom is -0.486 e. The van der Waals surface area contributed by atoms with Gasteiger partial charge in [0.1, 0.15) is 12.4 Å². The molecule has 0 heterocycles. The minimum atomic E-state index is -0.193. The highest BCUT2D eigenvalue weighted by Crippen LogP contribution is 2.25. The number of ether oxygens (including phenoxy) is 1. The number of nitrogens with zero attached hydrogens (tertiary/aromatic N) is 1. The van der Waals surface area contributed by atoms with Crippen molar-refractivity contribution in [3.8, 4) is 11.8 Å². The van der Waals surface area contributed by atoms with Gasteiger partial charge in [0.25, 0.3) is 0 Å². The third-order valence-electron chi connectivity index (χ3n) is 2.21. The number of Topliss-reactive ketones (excluding diaryl/α,β-unsaturated/α-hetero) is 1. The molecule has 0 aliphatic heterocycles. The Morgan fingerprint density at radius 2 is 2.12 bits per heavy atom. The van der Waals surface area contributed by atoms with Gasteiger partial charge in [0.15, 0.2) is 5.78 Å². The lowest BCUT2D eigenvalue weighted by molar-refractivity contribution is -0.120. The lowest BCUT2D eigenvalue weighted by atomic mass is 10.0. The summed E-state index contributed by atoms with van der Waals surface area (Å²) in [7, 11) is 0. The molecule has 1 rings (SSSR count). The fourth-order valence-electron chi connectivity index (χ4n) is 1.39. The number of ketones is 1. The van der Waals surface area contributed by atoms with E-state index in [2.05, 4.69) is 13.8 Å². The zero-order chi connectivity index (χ0) is 12.0. The predicted octanol–water partition coefficient (Wildman–Crippen LogP) is 2.67. The number of hydrogen-bond donors (Lipinski definition) is 0. The zero-order valence-electron chi connectivity index (χ0n) is 9.56. The second-order valence-corrected chi connectivity index (χ2v) is 3.85. The molecule has 1 aromatic carbocycles. The molecule has 0 radical (unpaired) electrons. The Morgan fingerprint density at radius 1 is 1.44 bits per heavy atom. The van der Waals surface area contributed by atoms with Crippen LogP contribution >= 0.6 is 0 Å². The summed E-state index contributed by atoms with van der Waals surface area (Å²) in [5, 5.41) is 8.35. The van der Waals surface area contributed by atoms with Crippen LogP contribution in [0.2, 0.25) is 0 Å². The maximum atomic E-state index is 11.2. The number of nitriles is 1. The lowest BCUT2D eigenvalue weighted by Crippen LogP contribution is -2.11. The summed E-state index contributed by atoms with van der Waals surface area (Å²) in [4.78, 5) is 11.2. The number of carbonyl (C=O) groups is 1. The van der Waals surface area contributed by atoms with Gasteiger partial charge in [-0.05, 0) is 17.5 Å². The molecule has 0 aliphatic rings. The first-order chi connectivity index (χ1) is 7.65. The number of benzene rings is 1. The van der Waals surface area contributed by atoms with Gasteiger partial charge >= 0.3 is 0 Å². The highest BCUT2D eigenvalue weighted by atomic mass is 16.5. The molecular formula is C13H15NO2. The summed E-state index contributed by atoms with van der Waals surface area (Å²) in [6, 6.07) is 9.45. The first-order valence-electron chi connectivity index (χ1n) is 5.25. The van der Waals surface area contributed by atoms with Crippen molar-refractivity contribution in [2.45, 2.75) is 26.2 Å². The van der Waals surface area contributed by atoms with E-state index in [4.69, 9.17) is 10.00 Å². The van der Waals surface area contributed by atoms with E-state index >= 15 is 0 Å². The monoisotopic (exact) mass is 217 g/mol. The Kier molecular flexibility index (Phi) is 4.53. The lowest BCUT2D eigenvalue weighted by Gasteiger charge is -2.12. The molecule has 0 N–H and O–H groups in total. The van der Waals surface area contributed by atoms with Crippen molar-refractivity contribution in [2.24, 2.45) is 0 Å². The van der Waals surface area contributed by atoms with Crippen molar-refractivity contribution < 1.29 is 9.53 Å². The molecule has 0 bridgehead atoms. The van der Waals surface area contributed by atoms with E-state index in [1.807, 2.05) is 30.3 Å². The summed E-state index contributed by atoms with van der Waals surface area (Å²) < 4.78 is 5.41. The van der Waals surface area contributed by atoms with Gasteiger partial charge in [0.05, 0.1) is 12.5 Å². The van der Waals surface area contributed by atoms with Crippen molar-refractivity contribution in [1.82, 2.24) is 0 Å². The van der Waals surface area contributed by atoms with Crippen LogP contribution in [0.25, 0.3) is 0 Å². The van der Waals surface area contributed by atoms with E-state index in [1.165, 1.54) is 0 Å². The molecule has 3 heteroatoms. The highest BCUT2D eigenvalue weighted by molar-refractivity contribution is 5.81. The molecule has 16 heavy (non-hydrogen) atoms. The standard InChI is InChI=1S/C13H15NO2/c1-10(2)12-5-3-4-6-13(12)16-9-11(15)7-8-14/h3-6,10H,7,9H2,1-2H3. The van der Waals surface area contributed by atoms with Gasteiger partial charge < -0.3 is 4.74 Å². The summed E-state index contributed by atoms with van der Waals surface area (Å²) in [6.45, 7) is 4.11. The Morgan fingerprint density at radius 3 is 2.75 bits per heavy atom. The Bertz CT molecular complexity index is 405. The first-order valence-corrected chi connectivity index (χ1v) is 5.25. The fourth-order valence-corrected chi connectivity index (χ4v) is 1.39. The molecule has 0 unspecified atom stereocenters. The number of carbonyl (C=O) groups excluding carboxylic acids is 1. The molecule has 1 aromatic rings. The van der Waals surface area contributed by atoms with Crippen LogP contribution in [0.1, 0.15) is 31.7 Å². The topological polar surface area (TPSA) is 50.1 Å². The van der Waals surface area contributed by atoms with Gasteiger partial charge in [0, 0.05) is 0 Å². The Balaban J connectivity index is 2.67. The van der Waals surface area contributed by atoms with Crippen LogP contribution in [0.3, 0.4) is 0 Å². The summed E-state index contributed by atoms with van der Waals surface area (Å²) in [5.74, 6) is 0.882. The van der Waals surface area contributed by atoms with Crippen molar-refractivity contribution in [2.75, 3.05) is 6.61 Å². The van der Waals surface area contributed by atoms with Crippen LogP contribution in [0.15, 0.2) is 24.3 Å². The van der Waals surface area contributed by atoms with Crippen molar-refractivity contribution >= 4 is 5.78 Å². The van der Waals surface area contributed by atoms with Crippen LogP contribution in [0.4, 0.5) is 0 Å². The molecule has 0 saturated carbocycles. The SMILES string of the molecule is CC(C)c1ccccc1OCC(=O)CC#N. The first kappa shape index (κ1) is 12.3. The maximum absolute atomic E-state index is 11.2. The van der Waals surface area contributed by atoms with Gasteiger partial charge in [-0.3, -0.25) is 4.79 Å². The van der Waals surface area contributed by atoms with Crippen molar-refractivity contribution in [3.63, 3.8) is 0 Å². The van der Waals surface area contributed by atoms with Crippen LogP contribution in [0.5, 0.6) is 5.75 Å². The zero-order valence-corrected chi connectivity index (χ0v) is 9.56. The molecular weight excluding hydrogens is 202 g/mol. The third kappa shape index (κ3) is 3.39. The van der Waals surface area contributed by atoms with Crippen LogP contribution in [-0.2, 0) is 4.79 Å². The molecule has 3 nitrogen and oxygen atoms in total. The van der Waals surface area contributed by atoms with E-state index in [1.54, 1.807) is 0 Å². The molecule has 0 saturated heterocycles. The molecule has 0 spiro atoms. The van der Waals surface area contributed by atoms with Crippen molar-refractivity contribution in [3.05, 3.63) is 29.8 Å². The van der Waals surface area contributed by atoms with E-state index < -0.39 is 0 Å². The van der Waals surface area contributed by atoms with E-state index in [0.29, 0.717) is 5.92 Å². The van der Waals surface area contributed by atoms with Crippen molar-refractivity contribution in [1.29, 1.82) is 5.26 Å². The van der Waals surface area contributed by atoms with Gasteiger partial charge in [-0.2, -0.15) is 5.26 Å². The normalized spacial score (nSPS) is 9.88. The third-order valence-corrected chi connectivity index (χ3v) is 2.21. The second kappa shape index (κ2) is 5.92. The van der Waals surface area contributed by atoms with E-state index in [0.717, 1.165) is 11.3 Å². The van der Waals surface area contributed by atoms with E-state index in [9.17, 15) is 4.79 Å². The largest absolute Gasteiger partial charge is 0.486 e. The number of para-hydroxylation sites is 1. The summed E-state index contributed by atoms with van der Waals surface area (Å²) in [5.41, 5.74) is 1.08. The molecule has 84 valence electrons. The van der Waals surface area contributed by atoms with Gasteiger partial charge in [-0.25, -0.2) is 0 Å². The summed E-state index contributed by atoms with van der Waals surface area (Å²) >= 11 is 0. The average Bonchev–Trinajstić information content (AvgIpc) is 2.27. The van der Waals surface area contributed by atoms with Gasteiger partial charge in [-0.15, -0.1) is 0 Å². The quantitative estimate of drug-likeness (QED) is 0.761. The molecule has 0 amide bonds. The highest BCUT2D eigenvalue weighted by Gasteiger charge is 2.08. The maximum Gasteiger partial charge on any atom is 0.184 e. The van der Waals surface area contributed by atoms with Gasteiger partial charge in [-0.1, -0.05) is 32.0 Å². The van der Waals surface area contributed by atoms with Gasteiger partial charge in [0.2, 0.25) is 0 Å². The minimum absolute atomic E-state index is 0.0305. The molecule has 0 fully saturated rings. The molecule has 0 aliphatic carbocycles. The number of hydrogen-bond acceptors (Lipinski definition) is 3. The Hall–Kier alpha value is -1.82. The van der Waals surface area contributed by atoms with E-state index in [-0.39, 0.29) is 18.8 Å². The Labute approximate surface area is 95.7 Å². The van der Waals surface area contributed by atoms with Crippen LogP contribution in [-0.4, -0.2) is 12.4 Å². The number of rotatable bonds is 5. The van der Waals surface area contributed by atoms with Crippen LogP contribution < -0.4 is 4.74 Å². The average molecular weight is 217 g/mol. The fraction of sp³-hybridized carbons (Fsp3) is 0.385. The summed E-state index contributed by atoms with van der Waals surface area (Å²) in [6.07, 6.45) is -0.0934. The predicted molar refractivity (Wildman–Crippen MR) is 61.3 cm³/mol. The molecule has 0 atom stereocenters. The van der Waals surface area contributed by atoms with Crippen LogP contribution in [0, 0.1) is 11.3 Å². The second-order valence-electron chi connectivity index (χ2n) is 3.85. The molecule has 0 aromatic heterocycles. The smallest absolute Gasteiger partial charge is 0.184 e.